The molecule has 0 bridgehead atoms. The molecule has 1 atom stereocenters. The van der Waals surface area contributed by atoms with Crippen molar-refractivity contribution in [2.24, 2.45) is 0 Å². The molecule has 2 saturated heterocycles. The molecule has 1 spiro atoms. The van der Waals surface area contributed by atoms with Gasteiger partial charge in [0.1, 0.15) is 5.54 Å². The summed E-state index contributed by atoms with van der Waals surface area (Å²) in [6, 6.07) is -0.673. The van der Waals surface area contributed by atoms with Gasteiger partial charge < -0.3 is 20.3 Å². The Hall–Kier alpha value is -1.67. The van der Waals surface area contributed by atoms with Gasteiger partial charge in [-0.2, -0.15) is 0 Å². The van der Waals surface area contributed by atoms with Gasteiger partial charge >= 0.3 is 12.0 Å². The number of rotatable bonds is 3. The molecule has 0 aliphatic carbocycles. The van der Waals surface area contributed by atoms with Gasteiger partial charge in [-0.15, -0.1) is 0 Å². The van der Waals surface area contributed by atoms with E-state index in [-0.39, 0.29) is 0 Å². The first-order chi connectivity index (χ1) is 8.78. The van der Waals surface area contributed by atoms with Crippen LogP contribution in [0, 0.1) is 0 Å². The van der Waals surface area contributed by atoms with Gasteiger partial charge in [0.2, 0.25) is 0 Å². The van der Waals surface area contributed by atoms with Gasteiger partial charge in [0.05, 0.1) is 6.54 Å². The summed E-state index contributed by atoms with van der Waals surface area (Å²) >= 11 is 0. The van der Waals surface area contributed by atoms with Crippen LogP contribution in [0.15, 0.2) is 0 Å². The van der Waals surface area contributed by atoms with Crippen LogP contribution in [0.2, 0.25) is 0 Å². The Labute approximate surface area is 109 Å². The molecule has 0 aromatic rings. The van der Waals surface area contributed by atoms with Crippen LogP contribution in [0.4, 0.5) is 4.79 Å². The first kappa shape index (κ1) is 13.8. The fourth-order valence-electron chi connectivity index (χ4n) is 2.25. The maximum absolute atomic E-state index is 12.3. The van der Waals surface area contributed by atoms with Crippen molar-refractivity contribution >= 4 is 17.9 Å². The van der Waals surface area contributed by atoms with Crippen LogP contribution < -0.4 is 5.32 Å². The predicted octanol–water partition coefficient (Wildman–Crippen LogP) is -1.08. The van der Waals surface area contributed by atoms with Crippen molar-refractivity contribution in [3.63, 3.8) is 0 Å². The third-order valence-corrected chi connectivity index (χ3v) is 3.52. The Morgan fingerprint density at radius 3 is 2.58 bits per heavy atom. The molecule has 0 radical (unpaired) electrons. The number of aliphatic hydroxyl groups is 1. The molecule has 19 heavy (non-hydrogen) atoms. The number of imide groups is 1. The smallest absolute Gasteiger partial charge is 0.337 e. The predicted molar refractivity (Wildman–Crippen MR) is 61.3 cm³/mol. The number of ether oxygens (including phenoxy) is 1. The quantitative estimate of drug-likeness (QED) is 0.563. The van der Waals surface area contributed by atoms with Crippen LogP contribution in [-0.4, -0.2) is 63.9 Å². The maximum atomic E-state index is 12.3. The third kappa shape index (κ3) is 2.28. The van der Waals surface area contributed by atoms with Crippen molar-refractivity contribution < 1.29 is 29.3 Å². The van der Waals surface area contributed by atoms with Crippen LogP contribution in [0.1, 0.15) is 19.8 Å². The molecule has 8 nitrogen and oxygen atoms in total. The van der Waals surface area contributed by atoms with E-state index in [1.807, 2.05) is 0 Å². The largest absolute Gasteiger partial charge is 0.479 e. The topological polar surface area (TPSA) is 116 Å². The monoisotopic (exact) mass is 272 g/mol. The standard InChI is InChI=1S/C11H16N2O6/c1-10(18,8(15)16)6-13-7(14)11(12-9(13)17)2-4-19-5-3-11/h18H,2-6H2,1H3,(H,12,17)(H,15,16). The number of hydrogen-bond donors (Lipinski definition) is 3. The highest BCUT2D eigenvalue weighted by molar-refractivity contribution is 6.07. The Kier molecular flexibility index (Phi) is 3.23. The number of aliphatic carboxylic acids is 1. The van der Waals surface area contributed by atoms with Gasteiger partial charge in [-0.1, -0.05) is 0 Å². The molecule has 2 aliphatic heterocycles. The molecule has 2 aliphatic rings. The van der Waals surface area contributed by atoms with E-state index in [0.29, 0.717) is 26.1 Å². The Morgan fingerprint density at radius 2 is 2.05 bits per heavy atom. The highest BCUT2D eigenvalue weighted by atomic mass is 16.5. The molecule has 106 valence electrons. The number of hydrogen-bond acceptors (Lipinski definition) is 5. The number of carbonyl (C=O) groups is 3. The highest BCUT2D eigenvalue weighted by Crippen LogP contribution is 2.29. The minimum absolute atomic E-state index is 0.350. The first-order valence-electron chi connectivity index (χ1n) is 5.96. The lowest BCUT2D eigenvalue weighted by molar-refractivity contribution is -0.158. The number of urea groups is 1. The average molecular weight is 272 g/mol. The summed E-state index contributed by atoms with van der Waals surface area (Å²) in [7, 11) is 0. The lowest BCUT2D eigenvalue weighted by atomic mass is 9.90. The summed E-state index contributed by atoms with van der Waals surface area (Å²) in [5.41, 5.74) is -3.17. The number of carbonyl (C=O) groups excluding carboxylic acids is 2. The Balaban J connectivity index is 2.17. The van der Waals surface area contributed by atoms with Crippen LogP contribution in [0.25, 0.3) is 0 Å². The van der Waals surface area contributed by atoms with E-state index in [1.165, 1.54) is 0 Å². The van der Waals surface area contributed by atoms with Crippen LogP contribution >= 0.6 is 0 Å². The molecule has 3 amide bonds. The van der Waals surface area contributed by atoms with Crippen LogP contribution in [0.3, 0.4) is 0 Å². The fourth-order valence-corrected chi connectivity index (χ4v) is 2.25. The molecule has 2 rings (SSSR count). The van der Waals surface area contributed by atoms with Gasteiger partial charge in [0.25, 0.3) is 5.91 Å². The maximum Gasteiger partial charge on any atom is 0.337 e. The van der Waals surface area contributed by atoms with E-state index in [4.69, 9.17) is 9.84 Å². The third-order valence-electron chi connectivity index (χ3n) is 3.52. The number of amides is 3. The summed E-state index contributed by atoms with van der Waals surface area (Å²) in [4.78, 5) is 35.7. The molecule has 0 saturated carbocycles. The van der Waals surface area contributed by atoms with Gasteiger partial charge in [-0.05, 0) is 6.92 Å². The highest BCUT2D eigenvalue weighted by Gasteiger charge is 2.53. The van der Waals surface area contributed by atoms with E-state index in [2.05, 4.69) is 5.32 Å². The van der Waals surface area contributed by atoms with Gasteiger partial charge in [-0.3, -0.25) is 9.69 Å². The molecule has 1 unspecified atom stereocenters. The molecule has 8 heteroatoms. The van der Waals surface area contributed by atoms with Crippen molar-refractivity contribution in [1.82, 2.24) is 10.2 Å². The second-order valence-corrected chi connectivity index (χ2v) is 5.09. The SMILES string of the molecule is CC(O)(CN1C(=O)NC2(CCOCC2)C1=O)C(=O)O. The minimum Gasteiger partial charge on any atom is -0.479 e. The second kappa shape index (κ2) is 4.46. The van der Waals surface area contributed by atoms with E-state index in [9.17, 15) is 19.5 Å². The van der Waals surface area contributed by atoms with Crippen LogP contribution in [-0.2, 0) is 14.3 Å². The van der Waals surface area contributed by atoms with Gasteiger partial charge in [0.15, 0.2) is 5.60 Å². The zero-order chi connectivity index (χ0) is 14.3. The molecular weight excluding hydrogens is 256 g/mol. The Morgan fingerprint density at radius 1 is 1.47 bits per heavy atom. The summed E-state index contributed by atoms with van der Waals surface area (Å²) in [5.74, 6) is -1.98. The van der Waals surface area contributed by atoms with E-state index < -0.39 is 35.6 Å². The molecule has 0 aromatic heterocycles. The number of carboxylic acids is 1. The van der Waals surface area contributed by atoms with Crippen molar-refractivity contribution in [2.45, 2.75) is 30.9 Å². The van der Waals surface area contributed by atoms with E-state index in [0.717, 1.165) is 11.8 Å². The molecule has 2 fully saturated rings. The van der Waals surface area contributed by atoms with Gasteiger partial charge in [-0.25, -0.2) is 9.59 Å². The summed E-state index contributed by atoms with van der Waals surface area (Å²) < 4.78 is 5.15. The normalized spacial score (nSPS) is 25.3. The van der Waals surface area contributed by atoms with Crippen molar-refractivity contribution in [3.05, 3.63) is 0 Å². The lowest BCUT2D eigenvalue weighted by Crippen LogP contribution is -2.52. The Bertz CT molecular complexity index is 427. The van der Waals surface area contributed by atoms with E-state index in [1.54, 1.807) is 0 Å². The zero-order valence-electron chi connectivity index (χ0n) is 10.5. The number of β-amino-alcohol motifs (C(OH)–C–C–N with tert-alkyl or cyclic N) is 1. The fraction of sp³-hybridized carbons (Fsp3) is 0.727. The average Bonchev–Trinajstić information content (AvgIpc) is 2.55. The molecule has 3 N–H and O–H groups in total. The molecular formula is C11H16N2O6. The van der Waals surface area contributed by atoms with Gasteiger partial charge in [0, 0.05) is 26.1 Å². The minimum atomic E-state index is -2.16. The molecule has 2 heterocycles. The summed E-state index contributed by atoms with van der Waals surface area (Å²) in [6.45, 7) is 1.19. The summed E-state index contributed by atoms with van der Waals surface area (Å²) in [5, 5.41) is 21.1. The van der Waals surface area contributed by atoms with E-state index >= 15 is 0 Å². The second-order valence-electron chi connectivity index (χ2n) is 5.09. The molecule has 0 aromatic carbocycles. The first-order valence-corrected chi connectivity index (χ1v) is 5.96. The van der Waals surface area contributed by atoms with Crippen molar-refractivity contribution in [1.29, 1.82) is 0 Å². The lowest BCUT2D eigenvalue weighted by Gasteiger charge is -2.31. The zero-order valence-corrected chi connectivity index (χ0v) is 10.5. The number of carboxylic acid groups (broad SMARTS) is 1. The number of nitrogens with one attached hydrogen (secondary N) is 1. The van der Waals surface area contributed by atoms with Crippen LogP contribution in [0.5, 0.6) is 0 Å². The van der Waals surface area contributed by atoms with Crippen molar-refractivity contribution in [3.8, 4) is 0 Å². The number of nitrogens with zero attached hydrogens (tertiary/aromatic N) is 1. The van der Waals surface area contributed by atoms with Crippen molar-refractivity contribution in [2.75, 3.05) is 19.8 Å². The summed E-state index contributed by atoms with van der Waals surface area (Å²) in [6.07, 6.45) is 0.701.